The van der Waals surface area contributed by atoms with Gasteiger partial charge in [-0.2, -0.15) is 5.26 Å². The van der Waals surface area contributed by atoms with E-state index in [0.717, 1.165) is 5.56 Å². The topological polar surface area (TPSA) is 81.4 Å². The molecular weight excluding hydrogens is 356 g/mol. The van der Waals surface area contributed by atoms with Crippen molar-refractivity contribution in [2.24, 2.45) is 0 Å². The minimum Gasteiger partial charge on any atom is -0.489 e. The molecule has 1 heterocycles. The van der Waals surface area contributed by atoms with Crippen LogP contribution in [0.15, 0.2) is 73.1 Å². The van der Waals surface area contributed by atoms with Crippen molar-refractivity contribution in [1.29, 1.82) is 5.26 Å². The largest absolute Gasteiger partial charge is 0.489 e. The van der Waals surface area contributed by atoms with Crippen molar-refractivity contribution >= 4 is 5.97 Å². The van der Waals surface area contributed by atoms with Crippen molar-refractivity contribution in [3.8, 4) is 17.6 Å². The van der Waals surface area contributed by atoms with Gasteiger partial charge in [0, 0.05) is 29.6 Å². The normalized spacial score (nSPS) is 11.1. The molecule has 3 rings (SSSR count). The summed E-state index contributed by atoms with van der Waals surface area (Å²) in [5, 5.41) is 9.40. The number of nitrogens with zero attached hydrogens (tertiary/aromatic N) is 2. The molecule has 1 unspecified atom stereocenters. The maximum absolute atomic E-state index is 12.2. The Balaban J connectivity index is 1.84. The Morgan fingerprint density at radius 1 is 1.14 bits per heavy atom. The Morgan fingerprint density at radius 3 is 2.64 bits per heavy atom. The molecule has 6 nitrogen and oxygen atoms in total. The van der Waals surface area contributed by atoms with Gasteiger partial charge in [-0.1, -0.05) is 36.4 Å². The summed E-state index contributed by atoms with van der Waals surface area (Å²) in [6, 6.07) is 19.6. The van der Waals surface area contributed by atoms with Crippen LogP contribution in [0.4, 0.5) is 0 Å². The minimum absolute atomic E-state index is 0.241. The molecule has 1 atom stereocenters. The van der Waals surface area contributed by atoms with E-state index in [1.807, 2.05) is 18.2 Å². The molecule has 28 heavy (non-hydrogen) atoms. The number of hydrogen-bond acceptors (Lipinski definition) is 6. The first-order valence-electron chi connectivity index (χ1n) is 8.56. The molecule has 0 aliphatic heterocycles. The van der Waals surface area contributed by atoms with E-state index in [9.17, 15) is 10.1 Å². The molecule has 0 amide bonds. The Labute approximate surface area is 162 Å². The first-order valence-corrected chi connectivity index (χ1v) is 8.56. The lowest BCUT2D eigenvalue weighted by molar-refractivity contribution is -0.149. The first-order chi connectivity index (χ1) is 13.7. The molecule has 2 aromatic carbocycles. The highest BCUT2D eigenvalue weighted by Gasteiger charge is 2.24. The third-order valence-corrected chi connectivity index (χ3v) is 3.96. The summed E-state index contributed by atoms with van der Waals surface area (Å²) in [7, 11) is 1.29. The van der Waals surface area contributed by atoms with Gasteiger partial charge in [0.2, 0.25) is 6.10 Å². The molecule has 1 aromatic heterocycles. The van der Waals surface area contributed by atoms with Crippen molar-refractivity contribution in [3.05, 3.63) is 89.7 Å². The number of carbonyl (C=O) groups excluding carboxylic acids is 1. The number of methoxy groups -OCH3 is 1. The molecule has 0 saturated carbocycles. The molecule has 0 aliphatic rings. The average Bonchev–Trinajstić information content (AvgIpc) is 2.77. The summed E-state index contributed by atoms with van der Waals surface area (Å²) in [6.45, 7) is 0.318. The number of benzene rings is 2. The smallest absolute Gasteiger partial charge is 0.351 e. The lowest BCUT2D eigenvalue weighted by Crippen LogP contribution is -2.20. The van der Waals surface area contributed by atoms with Gasteiger partial charge in [-0.05, 0) is 18.2 Å². The van der Waals surface area contributed by atoms with Gasteiger partial charge in [0.25, 0.3) is 0 Å². The lowest BCUT2D eigenvalue weighted by atomic mass is 10.1. The number of aromatic nitrogens is 1. The average molecular weight is 374 g/mol. The number of esters is 1. The summed E-state index contributed by atoms with van der Waals surface area (Å²) >= 11 is 0. The molecule has 0 N–H and O–H groups in total. The molecule has 0 aliphatic carbocycles. The third kappa shape index (κ3) is 4.65. The zero-order valence-corrected chi connectivity index (χ0v) is 15.2. The highest BCUT2D eigenvalue weighted by molar-refractivity contribution is 5.77. The van der Waals surface area contributed by atoms with Gasteiger partial charge in [0.15, 0.2) is 0 Å². The Bertz CT molecular complexity index is 969. The van der Waals surface area contributed by atoms with E-state index in [1.165, 1.54) is 7.11 Å². The van der Waals surface area contributed by atoms with Crippen LogP contribution in [0.5, 0.6) is 11.5 Å². The van der Waals surface area contributed by atoms with Crippen molar-refractivity contribution in [3.63, 3.8) is 0 Å². The van der Waals surface area contributed by atoms with E-state index in [0.29, 0.717) is 23.5 Å². The van der Waals surface area contributed by atoms with Crippen LogP contribution in [-0.2, 0) is 16.1 Å². The summed E-state index contributed by atoms with van der Waals surface area (Å²) in [4.78, 5) is 16.3. The van der Waals surface area contributed by atoms with Gasteiger partial charge in [-0.15, -0.1) is 0 Å². The molecule has 6 heteroatoms. The van der Waals surface area contributed by atoms with Crippen molar-refractivity contribution < 1.29 is 19.0 Å². The van der Waals surface area contributed by atoms with E-state index in [4.69, 9.17) is 14.2 Å². The zero-order valence-electron chi connectivity index (χ0n) is 15.2. The molecule has 140 valence electrons. The van der Waals surface area contributed by atoms with Gasteiger partial charge >= 0.3 is 5.97 Å². The lowest BCUT2D eigenvalue weighted by Gasteiger charge is -2.18. The maximum Gasteiger partial charge on any atom is 0.351 e. The molecule has 0 saturated heterocycles. The van der Waals surface area contributed by atoms with Crippen LogP contribution in [0.2, 0.25) is 0 Å². The molecule has 3 aromatic rings. The Morgan fingerprint density at radius 2 is 1.96 bits per heavy atom. The number of ether oxygens (including phenoxy) is 3. The van der Waals surface area contributed by atoms with Crippen LogP contribution in [0.3, 0.4) is 0 Å². The van der Waals surface area contributed by atoms with Crippen LogP contribution in [0.25, 0.3) is 0 Å². The van der Waals surface area contributed by atoms with E-state index in [2.05, 4.69) is 11.1 Å². The highest BCUT2D eigenvalue weighted by Crippen LogP contribution is 2.30. The summed E-state index contributed by atoms with van der Waals surface area (Å²) in [5.74, 6) is 0.191. The van der Waals surface area contributed by atoms with Crippen molar-refractivity contribution in [1.82, 2.24) is 4.98 Å². The number of rotatable bonds is 7. The van der Waals surface area contributed by atoms with E-state index in [1.54, 1.807) is 54.9 Å². The third-order valence-electron chi connectivity index (χ3n) is 3.96. The van der Waals surface area contributed by atoms with Crippen LogP contribution >= 0.6 is 0 Å². The summed E-state index contributed by atoms with van der Waals surface area (Å²) in [5.41, 5.74) is 1.82. The fourth-order valence-electron chi connectivity index (χ4n) is 2.55. The van der Waals surface area contributed by atoms with Gasteiger partial charge in [-0.3, -0.25) is 4.98 Å². The molecule has 0 spiro atoms. The fourth-order valence-corrected chi connectivity index (χ4v) is 2.55. The van der Waals surface area contributed by atoms with Crippen LogP contribution in [0, 0.1) is 11.3 Å². The standard InChI is InChI=1S/C22H18N2O4/c1-26-22(25)21(17-7-3-2-4-8-17)28-20-12-19(10-9-18(20)13-23)27-15-16-6-5-11-24-14-16/h2-12,14,21H,15H2,1H3. The molecule has 0 bridgehead atoms. The van der Waals surface area contributed by atoms with Gasteiger partial charge < -0.3 is 14.2 Å². The second kappa shape index (κ2) is 9.19. The number of pyridine rings is 1. The van der Waals surface area contributed by atoms with Crippen molar-refractivity contribution in [2.75, 3.05) is 7.11 Å². The van der Waals surface area contributed by atoms with Gasteiger partial charge in [0.05, 0.1) is 12.7 Å². The van der Waals surface area contributed by atoms with Crippen molar-refractivity contribution in [2.45, 2.75) is 12.7 Å². The molecular formula is C22H18N2O4. The minimum atomic E-state index is -0.994. The SMILES string of the molecule is COC(=O)C(Oc1cc(OCc2cccnc2)ccc1C#N)c1ccccc1. The van der Waals surface area contributed by atoms with E-state index >= 15 is 0 Å². The Kier molecular flexibility index (Phi) is 6.21. The number of carbonyl (C=O) groups is 1. The molecule has 0 radical (unpaired) electrons. The monoisotopic (exact) mass is 374 g/mol. The van der Waals surface area contributed by atoms with Gasteiger partial charge in [0.1, 0.15) is 24.2 Å². The number of hydrogen-bond donors (Lipinski definition) is 0. The molecule has 0 fully saturated rings. The second-order valence-corrected chi connectivity index (χ2v) is 5.85. The first kappa shape index (κ1) is 18.9. The van der Waals surface area contributed by atoms with Crippen LogP contribution in [0.1, 0.15) is 22.8 Å². The van der Waals surface area contributed by atoms with Gasteiger partial charge in [-0.25, -0.2) is 4.79 Å². The second-order valence-electron chi connectivity index (χ2n) is 5.85. The summed E-state index contributed by atoms with van der Waals surface area (Å²) < 4.78 is 16.5. The Hall–Kier alpha value is -3.85. The maximum atomic E-state index is 12.2. The predicted octanol–water partition coefficient (Wildman–Crippen LogP) is 3.83. The van der Waals surface area contributed by atoms with Crippen LogP contribution in [-0.4, -0.2) is 18.1 Å². The summed E-state index contributed by atoms with van der Waals surface area (Å²) in [6.07, 6.45) is 2.41. The highest BCUT2D eigenvalue weighted by atomic mass is 16.6. The van der Waals surface area contributed by atoms with Crippen LogP contribution < -0.4 is 9.47 Å². The van der Waals surface area contributed by atoms with E-state index < -0.39 is 12.1 Å². The van der Waals surface area contributed by atoms with E-state index in [-0.39, 0.29) is 5.75 Å². The fraction of sp³-hybridized carbons (Fsp3) is 0.136. The zero-order chi connectivity index (χ0) is 19.8. The number of nitriles is 1. The quantitative estimate of drug-likeness (QED) is 0.585. The predicted molar refractivity (Wildman–Crippen MR) is 102 cm³/mol.